The summed E-state index contributed by atoms with van der Waals surface area (Å²) in [6.45, 7) is 9.44. The summed E-state index contributed by atoms with van der Waals surface area (Å²) in [6.07, 6.45) is 1.80. The lowest BCUT2D eigenvalue weighted by Crippen LogP contribution is -2.64. The van der Waals surface area contributed by atoms with Crippen molar-refractivity contribution < 1.29 is 9.90 Å². The van der Waals surface area contributed by atoms with Crippen LogP contribution in [0.5, 0.6) is 5.75 Å². The quantitative estimate of drug-likeness (QED) is 0.743. The minimum atomic E-state index is -0.0367. The van der Waals surface area contributed by atoms with E-state index in [4.69, 9.17) is 11.6 Å². The largest absolute Gasteiger partial charge is 0.506 e. The number of hydrogen-bond acceptors (Lipinski definition) is 2. The number of phenolic OH excluding ortho intramolecular Hbond substituents is 1. The maximum Gasteiger partial charge on any atom is 0.254 e. The second kappa shape index (κ2) is 6.00. The van der Waals surface area contributed by atoms with Gasteiger partial charge >= 0.3 is 0 Å². The fourth-order valence-corrected chi connectivity index (χ4v) is 5.41. The number of rotatable bonds is 1. The van der Waals surface area contributed by atoms with Crippen molar-refractivity contribution in [2.45, 2.75) is 52.0 Å². The summed E-state index contributed by atoms with van der Waals surface area (Å²) in [6, 6.07) is 12.1. The molecule has 142 valence electrons. The lowest BCUT2D eigenvalue weighted by molar-refractivity contribution is -0.0262. The van der Waals surface area contributed by atoms with Crippen molar-refractivity contribution in [3.05, 3.63) is 63.7 Å². The highest BCUT2D eigenvalue weighted by Gasteiger charge is 2.56. The van der Waals surface area contributed by atoms with Gasteiger partial charge in [-0.2, -0.15) is 0 Å². The van der Waals surface area contributed by atoms with E-state index in [0.29, 0.717) is 11.1 Å². The Balaban J connectivity index is 1.77. The van der Waals surface area contributed by atoms with E-state index in [9.17, 15) is 9.90 Å². The third kappa shape index (κ3) is 2.51. The molecule has 2 aliphatic rings. The van der Waals surface area contributed by atoms with Crippen LogP contribution in [0.4, 0.5) is 0 Å². The topological polar surface area (TPSA) is 40.5 Å². The van der Waals surface area contributed by atoms with Gasteiger partial charge in [-0.1, -0.05) is 56.6 Å². The van der Waals surface area contributed by atoms with E-state index in [0.717, 1.165) is 19.4 Å². The van der Waals surface area contributed by atoms with Crippen LogP contribution in [-0.2, 0) is 11.8 Å². The molecular formula is C23H26ClNO2. The smallest absolute Gasteiger partial charge is 0.254 e. The number of benzene rings is 2. The molecular weight excluding hydrogens is 358 g/mol. The molecule has 27 heavy (non-hydrogen) atoms. The molecule has 2 bridgehead atoms. The highest BCUT2D eigenvalue weighted by Crippen LogP contribution is 2.56. The Labute approximate surface area is 166 Å². The zero-order valence-electron chi connectivity index (χ0n) is 16.3. The number of aromatic hydroxyl groups is 1. The SMILES string of the molecule is Cc1cc(C(=O)N2CC[C@@]3(C)c4ccccc4CC2C3(C)C)cc(Cl)c1O. The lowest BCUT2D eigenvalue weighted by Gasteiger charge is -2.60. The Kier molecular flexibility index (Phi) is 4.08. The predicted octanol–water partition coefficient (Wildman–Crippen LogP) is 5.11. The van der Waals surface area contributed by atoms with Crippen molar-refractivity contribution >= 4 is 17.5 Å². The van der Waals surface area contributed by atoms with Gasteiger partial charge in [-0.15, -0.1) is 0 Å². The standard InChI is InChI=1S/C23H26ClNO2/c1-14-11-16(12-18(24)20(14)26)21(27)25-10-9-23(4)17-8-6-5-7-15(17)13-19(25)22(23,2)3/h5-8,11-12,19,26H,9-10,13H2,1-4H3/t19?,23-/m0/s1. The summed E-state index contributed by atoms with van der Waals surface area (Å²) >= 11 is 6.13. The van der Waals surface area contributed by atoms with Gasteiger partial charge in [0, 0.05) is 23.6 Å². The Morgan fingerprint density at radius 1 is 1.22 bits per heavy atom. The number of likely N-dealkylation sites (tertiary alicyclic amines) is 1. The average Bonchev–Trinajstić information content (AvgIpc) is 2.62. The number of halogens is 1. The lowest BCUT2D eigenvalue weighted by atomic mass is 9.51. The van der Waals surface area contributed by atoms with E-state index in [2.05, 4.69) is 45.0 Å². The predicted molar refractivity (Wildman–Crippen MR) is 109 cm³/mol. The van der Waals surface area contributed by atoms with Crippen LogP contribution in [0, 0.1) is 12.3 Å². The molecule has 1 fully saturated rings. The molecule has 1 aliphatic carbocycles. The molecule has 1 aliphatic heterocycles. The van der Waals surface area contributed by atoms with Gasteiger partial charge < -0.3 is 10.0 Å². The maximum atomic E-state index is 13.4. The zero-order valence-corrected chi connectivity index (χ0v) is 17.1. The van der Waals surface area contributed by atoms with E-state index >= 15 is 0 Å². The summed E-state index contributed by atoms with van der Waals surface area (Å²) in [7, 11) is 0. The monoisotopic (exact) mass is 383 g/mol. The van der Waals surface area contributed by atoms with E-state index in [1.54, 1.807) is 19.1 Å². The number of amides is 1. The molecule has 0 saturated carbocycles. The van der Waals surface area contributed by atoms with E-state index in [-0.39, 0.29) is 33.6 Å². The van der Waals surface area contributed by atoms with Gasteiger partial charge in [-0.05, 0) is 54.0 Å². The Bertz CT molecular complexity index is 913. The van der Waals surface area contributed by atoms with E-state index in [1.165, 1.54) is 11.1 Å². The van der Waals surface area contributed by atoms with Crippen LogP contribution in [0.15, 0.2) is 36.4 Å². The van der Waals surface area contributed by atoms with Gasteiger partial charge in [0.1, 0.15) is 5.75 Å². The molecule has 2 aromatic rings. The molecule has 1 saturated heterocycles. The molecule has 0 aromatic heterocycles. The van der Waals surface area contributed by atoms with Crippen molar-refractivity contribution in [2.24, 2.45) is 5.41 Å². The molecule has 1 heterocycles. The van der Waals surface area contributed by atoms with Crippen LogP contribution in [0.1, 0.15) is 54.2 Å². The Hall–Kier alpha value is -2.00. The van der Waals surface area contributed by atoms with E-state index < -0.39 is 0 Å². The summed E-state index contributed by atoms with van der Waals surface area (Å²) in [5.74, 6) is 0.0471. The first-order valence-corrected chi connectivity index (χ1v) is 9.93. The molecule has 0 spiro atoms. The highest BCUT2D eigenvalue weighted by atomic mass is 35.5. The highest BCUT2D eigenvalue weighted by molar-refractivity contribution is 6.32. The number of fused-ring (bicyclic) bond motifs is 4. The van der Waals surface area contributed by atoms with Crippen molar-refractivity contribution in [1.29, 1.82) is 0 Å². The number of carbonyl (C=O) groups is 1. The molecule has 2 aromatic carbocycles. The Morgan fingerprint density at radius 3 is 2.63 bits per heavy atom. The van der Waals surface area contributed by atoms with Gasteiger partial charge in [-0.3, -0.25) is 4.79 Å². The number of piperidine rings is 1. The second-order valence-corrected chi connectivity index (χ2v) is 9.21. The first-order valence-electron chi connectivity index (χ1n) is 9.55. The van der Waals surface area contributed by atoms with Crippen LogP contribution >= 0.6 is 11.6 Å². The van der Waals surface area contributed by atoms with Crippen LogP contribution in [0.2, 0.25) is 5.02 Å². The van der Waals surface area contributed by atoms with Crippen molar-refractivity contribution in [3.63, 3.8) is 0 Å². The molecule has 1 unspecified atom stereocenters. The van der Waals surface area contributed by atoms with Crippen LogP contribution < -0.4 is 0 Å². The normalized spacial score (nSPS) is 25.8. The zero-order chi connectivity index (χ0) is 19.6. The third-order valence-corrected chi connectivity index (χ3v) is 7.56. The van der Waals surface area contributed by atoms with Crippen LogP contribution in [0.25, 0.3) is 0 Å². The van der Waals surface area contributed by atoms with Crippen molar-refractivity contribution in [1.82, 2.24) is 4.90 Å². The first kappa shape index (κ1) is 18.4. The van der Waals surface area contributed by atoms with Crippen molar-refractivity contribution in [3.8, 4) is 5.75 Å². The molecule has 2 atom stereocenters. The fraction of sp³-hybridized carbons (Fsp3) is 0.435. The first-order chi connectivity index (χ1) is 12.7. The average molecular weight is 384 g/mol. The van der Waals surface area contributed by atoms with Gasteiger partial charge in [0.25, 0.3) is 5.91 Å². The van der Waals surface area contributed by atoms with Gasteiger partial charge in [0.15, 0.2) is 0 Å². The number of aryl methyl sites for hydroxylation is 1. The molecule has 0 radical (unpaired) electrons. The summed E-state index contributed by atoms with van der Waals surface area (Å²) < 4.78 is 0. The van der Waals surface area contributed by atoms with Gasteiger partial charge in [-0.25, -0.2) is 0 Å². The Morgan fingerprint density at radius 2 is 1.93 bits per heavy atom. The molecule has 4 heteroatoms. The number of hydrogen-bond donors (Lipinski definition) is 1. The van der Waals surface area contributed by atoms with Gasteiger partial charge in [0.05, 0.1) is 5.02 Å². The van der Waals surface area contributed by atoms with Crippen LogP contribution in [0.3, 0.4) is 0 Å². The van der Waals surface area contributed by atoms with Gasteiger partial charge in [0.2, 0.25) is 0 Å². The van der Waals surface area contributed by atoms with Crippen LogP contribution in [-0.4, -0.2) is 28.5 Å². The number of carbonyl (C=O) groups excluding carboxylic acids is 1. The minimum Gasteiger partial charge on any atom is -0.506 e. The summed E-state index contributed by atoms with van der Waals surface area (Å²) in [5, 5.41) is 10.2. The van der Waals surface area contributed by atoms with E-state index in [1.807, 2.05) is 4.90 Å². The molecule has 1 amide bonds. The maximum absolute atomic E-state index is 13.4. The summed E-state index contributed by atoms with van der Waals surface area (Å²) in [5.41, 5.74) is 3.97. The minimum absolute atomic E-state index is 0.000457. The molecule has 3 nitrogen and oxygen atoms in total. The molecule has 1 N–H and O–H groups in total. The fourth-order valence-electron chi connectivity index (χ4n) is 5.14. The number of phenols is 1. The number of nitrogens with zero attached hydrogens (tertiary/aromatic N) is 1. The molecule has 4 rings (SSSR count). The third-order valence-electron chi connectivity index (χ3n) is 7.27. The second-order valence-electron chi connectivity index (χ2n) is 8.80. The van der Waals surface area contributed by atoms with Crippen molar-refractivity contribution in [2.75, 3.05) is 6.54 Å². The summed E-state index contributed by atoms with van der Waals surface area (Å²) in [4.78, 5) is 15.4.